The van der Waals surface area contributed by atoms with Gasteiger partial charge in [0.25, 0.3) is 11.5 Å². The highest BCUT2D eigenvalue weighted by Gasteiger charge is 2.26. The normalized spacial score (nSPS) is 13.1. The zero-order valence-electron chi connectivity index (χ0n) is 15.9. The summed E-state index contributed by atoms with van der Waals surface area (Å²) in [5.41, 5.74) is 2.83. The summed E-state index contributed by atoms with van der Waals surface area (Å²) in [5.74, 6) is -0.605. The largest absolute Gasteiger partial charge is 0.322 e. The molecule has 1 aromatic heterocycles. The van der Waals surface area contributed by atoms with E-state index >= 15 is 0 Å². The van der Waals surface area contributed by atoms with Gasteiger partial charge < -0.3 is 5.32 Å². The first-order valence-electron chi connectivity index (χ1n) is 9.40. The number of nitrogens with one attached hydrogen (secondary N) is 1. The molecule has 1 aliphatic carbocycles. The van der Waals surface area contributed by atoms with Crippen LogP contribution in [0.15, 0.2) is 59.4 Å². The van der Waals surface area contributed by atoms with Gasteiger partial charge in [-0.3, -0.25) is 19.0 Å². The molecule has 6 heteroatoms. The summed E-state index contributed by atoms with van der Waals surface area (Å²) in [6.45, 7) is 1.96. The third-order valence-electron chi connectivity index (χ3n) is 5.06. The number of amides is 1. The molecule has 0 fully saturated rings. The maximum Gasteiger partial charge on any atom is 0.268 e. The van der Waals surface area contributed by atoms with E-state index in [9.17, 15) is 14.4 Å². The predicted molar refractivity (Wildman–Crippen MR) is 113 cm³/mol. The Morgan fingerprint density at radius 1 is 1.00 bits per heavy atom. The van der Waals surface area contributed by atoms with Crippen molar-refractivity contribution in [3.8, 4) is 5.69 Å². The second-order valence-electron chi connectivity index (χ2n) is 7.13. The number of benzene rings is 2. The third-order valence-corrected chi connectivity index (χ3v) is 5.31. The number of hydrogen-bond donors (Lipinski definition) is 1. The predicted octanol–water partition coefficient (Wildman–Crippen LogP) is 4.57. The molecule has 1 heterocycles. The van der Waals surface area contributed by atoms with E-state index in [1.165, 1.54) is 10.6 Å². The highest BCUT2D eigenvalue weighted by molar-refractivity contribution is 6.30. The van der Waals surface area contributed by atoms with Crippen LogP contribution in [0, 0.1) is 6.92 Å². The van der Waals surface area contributed by atoms with Gasteiger partial charge in [-0.15, -0.1) is 0 Å². The Morgan fingerprint density at radius 3 is 2.38 bits per heavy atom. The lowest BCUT2D eigenvalue weighted by molar-refractivity contribution is 0.0971. The zero-order valence-corrected chi connectivity index (χ0v) is 16.6. The fourth-order valence-electron chi connectivity index (χ4n) is 3.55. The van der Waals surface area contributed by atoms with E-state index in [1.807, 2.05) is 31.2 Å². The van der Waals surface area contributed by atoms with E-state index in [0.717, 1.165) is 5.56 Å². The summed E-state index contributed by atoms with van der Waals surface area (Å²) in [7, 11) is 0. The third kappa shape index (κ3) is 3.74. The Balaban J connectivity index is 1.85. The van der Waals surface area contributed by atoms with Gasteiger partial charge in [-0.1, -0.05) is 29.3 Å². The van der Waals surface area contributed by atoms with Crippen LogP contribution in [0.5, 0.6) is 0 Å². The number of anilines is 1. The van der Waals surface area contributed by atoms with Crippen LogP contribution in [0.3, 0.4) is 0 Å². The van der Waals surface area contributed by atoms with Gasteiger partial charge in [0.15, 0.2) is 5.78 Å². The van der Waals surface area contributed by atoms with Crippen LogP contribution >= 0.6 is 11.6 Å². The van der Waals surface area contributed by atoms with Crippen molar-refractivity contribution >= 4 is 29.0 Å². The van der Waals surface area contributed by atoms with Gasteiger partial charge in [0.05, 0.1) is 0 Å². The number of aromatic nitrogens is 1. The Morgan fingerprint density at radius 2 is 1.69 bits per heavy atom. The zero-order chi connectivity index (χ0) is 20.5. The van der Waals surface area contributed by atoms with Crippen molar-refractivity contribution in [2.75, 3.05) is 5.32 Å². The molecule has 0 atom stereocenters. The van der Waals surface area contributed by atoms with Crippen LogP contribution < -0.4 is 10.9 Å². The van der Waals surface area contributed by atoms with Crippen LogP contribution in [-0.2, 0) is 6.42 Å². The van der Waals surface area contributed by atoms with Crippen LogP contribution in [0.2, 0.25) is 5.02 Å². The average molecular weight is 407 g/mol. The lowest BCUT2D eigenvalue weighted by Crippen LogP contribution is -2.33. The Hall–Kier alpha value is -3.18. The molecule has 0 saturated carbocycles. The van der Waals surface area contributed by atoms with Gasteiger partial charge in [-0.2, -0.15) is 0 Å². The van der Waals surface area contributed by atoms with Crippen molar-refractivity contribution in [3.63, 3.8) is 0 Å². The van der Waals surface area contributed by atoms with E-state index in [0.29, 0.717) is 46.9 Å². The molecule has 3 aromatic rings. The number of halogens is 1. The van der Waals surface area contributed by atoms with Crippen LogP contribution in [0.25, 0.3) is 5.69 Å². The first-order chi connectivity index (χ1) is 13.9. The van der Waals surface area contributed by atoms with E-state index < -0.39 is 11.5 Å². The maximum absolute atomic E-state index is 13.3. The second-order valence-corrected chi connectivity index (χ2v) is 7.57. The van der Waals surface area contributed by atoms with Crippen molar-refractivity contribution in [1.29, 1.82) is 0 Å². The van der Waals surface area contributed by atoms with Crippen molar-refractivity contribution < 1.29 is 9.59 Å². The molecule has 5 nitrogen and oxygen atoms in total. The van der Waals surface area contributed by atoms with Gasteiger partial charge in [0, 0.05) is 34.1 Å². The average Bonchev–Trinajstić information content (AvgIpc) is 2.70. The minimum atomic E-state index is -0.556. The van der Waals surface area contributed by atoms with Crippen LogP contribution in [0.1, 0.15) is 44.8 Å². The highest BCUT2D eigenvalue weighted by atomic mass is 35.5. The summed E-state index contributed by atoms with van der Waals surface area (Å²) in [6, 6.07) is 15.5. The molecule has 0 unspecified atom stereocenters. The van der Waals surface area contributed by atoms with Crippen LogP contribution in [-0.4, -0.2) is 16.3 Å². The standard InChI is InChI=1S/C23H19ClN2O3/c1-14-5-11-17(12-6-14)26-20-3-2-4-21(27)18(20)13-19(23(26)29)22(28)25-16-9-7-15(24)8-10-16/h5-13H,2-4H2,1H3,(H,25,28). The molecule has 0 bridgehead atoms. The molecule has 0 radical (unpaired) electrons. The van der Waals surface area contributed by atoms with Gasteiger partial charge in [0.1, 0.15) is 5.56 Å². The summed E-state index contributed by atoms with van der Waals surface area (Å²) < 4.78 is 1.50. The summed E-state index contributed by atoms with van der Waals surface area (Å²) in [6.07, 6.45) is 1.72. The quantitative estimate of drug-likeness (QED) is 0.692. The van der Waals surface area contributed by atoms with E-state index in [4.69, 9.17) is 11.6 Å². The van der Waals surface area contributed by atoms with Gasteiger partial charge in [-0.25, -0.2) is 0 Å². The monoisotopic (exact) mass is 406 g/mol. The molecule has 4 rings (SSSR count). The minimum Gasteiger partial charge on any atom is -0.322 e. The van der Waals surface area contributed by atoms with Crippen LogP contribution in [0.4, 0.5) is 5.69 Å². The lowest BCUT2D eigenvalue weighted by atomic mass is 9.92. The number of pyridine rings is 1. The van der Waals surface area contributed by atoms with E-state index in [-0.39, 0.29) is 11.3 Å². The minimum absolute atomic E-state index is 0.0485. The fraction of sp³-hybridized carbons (Fsp3) is 0.174. The Kier molecular flexibility index (Phi) is 5.07. The number of ketones is 1. The van der Waals surface area contributed by atoms with Gasteiger partial charge in [-0.05, 0) is 62.2 Å². The summed E-state index contributed by atoms with van der Waals surface area (Å²) in [5, 5.41) is 3.26. The smallest absolute Gasteiger partial charge is 0.268 e. The van der Waals surface area contributed by atoms with E-state index in [1.54, 1.807) is 24.3 Å². The molecule has 1 N–H and O–H groups in total. The molecule has 0 aliphatic heterocycles. The summed E-state index contributed by atoms with van der Waals surface area (Å²) in [4.78, 5) is 38.7. The lowest BCUT2D eigenvalue weighted by Gasteiger charge is -2.21. The topological polar surface area (TPSA) is 68.2 Å². The molecule has 29 heavy (non-hydrogen) atoms. The number of rotatable bonds is 3. The molecule has 1 aliphatic rings. The Labute approximate surface area is 172 Å². The number of nitrogens with zero attached hydrogens (tertiary/aromatic N) is 1. The fourth-order valence-corrected chi connectivity index (χ4v) is 3.68. The molecular weight excluding hydrogens is 388 g/mol. The molecule has 2 aromatic carbocycles. The van der Waals surface area contributed by atoms with Crippen molar-refractivity contribution in [2.45, 2.75) is 26.2 Å². The van der Waals surface area contributed by atoms with Gasteiger partial charge in [0.2, 0.25) is 0 Å². The molecule has 146 valence electrons. The van der Waals surface area contributed by atoms with Crippen molar-refractivity contribution in [1.82, 2.24) is 4.57 Å². The maximum atomic E-state index is 13.3. The molecule has 0 spiro atoms. The van der Waals surface area contributed by atoms with Crippen molar-refractivity contribution in [3.05, 3.63) is 92.4 Å². The molecule has 0 saturated heterocycles. The van der Waals surface area contributed by atoms with Crippen molar-refractivity contribution in [2.24, 2.45) is 0 Å². The molecular formula is C23H19ClN2O3. The number of hydrogen-bond acceptors (Lipinski definition) is 3. The summed E-state index contributed by atoms with van der Waals surface area (Å²) >= 11 is 5.88. The first kappa shape index (κ1) is 19.2. The number of carbonyl (C=O) groups is 2. The number of carbonyl (C=O) groups excluding carboxylic acids is 2. The second kappa shape index (κ2) is 7.68. The number of aryl methyl sites for hydroxylation is 1. The molecule has 1 amide bonds. The van der Waals surface area contributed by atoms with Gasteiger partial charge >= 0.3 is 0 Å². The Bertz CT molecular complexity index is 1160. The van der Waals surface area contributed by atoms with E-state index in [2.05, 4.69) is 5.32 Å². The highest BCUT2D eigenvalue weighted by Crippen LogP contribution is 2.24. The number of fused-ring (bicyclic) bond motifs is 1. The SMILES string of the molecule is Cc1ccc(-n2c3c(cc(C(=O)Nc4ccc(Cl)cc4)c2=O)C(=O)CCC3)cc1. The first-order valence-corrected chi connectivity index (χ1v) is 9.78. The number of Topliss-reactive ketones (excluding diaryl/α,β-unsaturated/α-hetero) is 1.